The Balaban J connectivity index is 0.00000289. The lowest BCUT2D eigenvalue weighted by atomic mass is 9.99. The zero-order chi connectivity index (χ0) is 22.0. The minimum Gasteiger partial charge on any atom is -0.348 e. The van der Waals surface area contributed by atoms with Crippen molar-refractivity contribution in [2.24, 2.45) is 5.92 Å². The molecule has 1 fully saturated rings. The van der Waals surface area contributed by atoms with Crippen molar-refractivity contribution < 1.29 is 4.79 Å². The van der Waals surface area contributed by atoms with E-state index in [0.29, 0.717) is 5.56 Å². The molecule has 1 amide bonds. The highest BCUT2D eigenvalue weighted by molar-refractivity contribution is 6.07. The number of nitrogens with one attached hydrogen (secondary N) is 1. The van der Waals surface area contributed by atoms with Crippen molar-refractivity contribution in [3.63, 3.8) is 0 Å². The molecule has 6 nitrogen and oxygen atoms in total. The van der Waals surface area contributed by atoms with Gasteiger partial charge in [-0.2, -0.15) is 5.10 Å². The van der Waals surface area contributed by atoms with Crippen LogP contribution < -0.4 is 5.32 Å². The first-order valence-corrected chi connectivity index (χ1v) is 11.4. The predicted molar refractivity (Wildman–Crippen MR) is 132 cm³/mol. The molecular weight excluding hydrogens is 422 g/mol. The summed E-state index contributed by atoms with van der Waals surface area (Å²) < 4.78 is 1.91. The largest absolute Gasteiger partial charge is 0.348 e. The highest BCUT2D eigenvalue weighted by atomic mass is 35.5. The van der Waals surface area contributed by atoms with E-state index in [1.165, 1.54) is 12.8 Å². The SMILES string of the molecule is CCn1cc(-c2cc(C(=O)NC(C)CN3CCC(C)CC3)c3ccccc3n2)c(C)n1.Cl. The van der Waals surface area contributed by atoms with Gasteiger partial charge in [-0.3, -0.25) is 9.48 Å². The Hall–Kier alpha value is -2.44. The van der Waals surface area contributed by atoms with E-state index in [1.54, 1.807) is 0 Å². The highest BCUT2D eigenvalue weighted by Gasteiger charge is 2.21. The van der Waals surface area contributed by atoms with Crippen molar-refractivity contribution >= 4 is 29.2 Å². The fourth-order valence-corrected chi connectivity index (χ4v) is 4.41. The number of para-hydroxylation sites is 1. The molecule has 1 aliphatic rings. The van der Waals surface area contributed by atoms with Gasteiger partial charge in [-0.1, -0.05) is 25.1 Å². The van der Waals surface area contributed by atoms with Gasteiger partial charge in [0, 0.05) is 36.3 Å². The Bertz CT molecular complexity index is 1070. The first-order chi connectivity index (χ1) is 14.9. The summed E-state index contributed by atoms with van der Waals surface area (Å²) in [6.07, 6.45) is 4.49. The summed E-state index contributed by atoms with van der Waals surface area (Å²) in [5, 5.41) is 8.65. The number of halogens is 1. The topological polar surface area (TPSA) is 63.1 Å². The number of piperidine rings is 1. The predicted octanol–water partition coefficient (Wildman–Crippen LogP) is 4.70. The number of hydrogen-bond donors (Lipinski definition) is 1. The van der Waals surface area contributed by atoms with Gasteiger partial charge in [0.15, 0.2) is 0 Å². The first-order valence-electron chi connectivity index (χ1n) is 11.4. The number of rotatable bonds is 6. The van der Waals surface area contributed by atoms with E-state index < -0.39 is 0 Å². The third-order valence-corrected chi connectivity index (χ3v) is 6.29. The maximum Gasteiger partial charge on any atom is 0.252 e. The van der Waals surface area contributed by atoms with E-state index in [4.69, 9.17) is 4.98 Å². The second-order valence-corrected chi connectivity index (χ2v) is 8.91. The van der Waals surface area contributed by atoms with Crippen molar-refractivity contribution in [3.05, 3.63) is 47.8 Å². The van der Waals surface area contributed by atoms with E-state index in [1.807, 2.05) is 48.1 Å². The molecule has 1 N–H and O–H groups in total. The Morgan fingerprint density at radius 3 is 2.66 bits per heavy atom. The van der Waals surface area contributed by atoms with Crippen LogP contribution in [-0.2, 0) is 6.54 Å². The third-order valence-electron chi connectivity index (χ3n) is 6.29. The molecule has 1 unspecified atom stereocenters. The van der Waals surface area contributed by atoms with E-state index in [-0.39, 0.29) is 24.4 Å². The van der Waals surface area contributed by atoms with Crippen LogP contribution in [0.1, 0.15) is 49.7 Å². The number of aryl methyl sites for hydroxylation is 2. The summed E-state index contributed by atoms with van der Waals surface area (Å²) >= 11 is 0. The van der Waals surface area contributed by atoms with Crippen molar-refractivity contribution in [2.45, 2.75) is 53.1 Å². The molecule has 7 heteroatoms. The summed E-state index contributed by atoms with van der Waals surface area (Å²) in [6, 6.07) is 9.85. The number of likely N-dealkylation sites (tertiary alicyclic amines) is 1. The number of pyridine rings is 1. The number of aromatic nitrogens is 3. The normalized spacial score (nSPS) is 16.0. The van der Waals surface area contributed by atoms with Crippen LogP contribution in [0.2, 0.25) is 0 Å². The second-order valence-electron chi connectivity index (χ2n) is 8.91. The fraction of sp³-hybridized carbons (Fsp3) is 0.480. The lowest BCUT2D eigenvalue weighted by Gasteiger charge is -2.32. The molecule has 0 bridgehead atoms. The molecule has 4 rings (SSSR count). The van der Waals surface area contributed by atoms with E-state index in [2.05, 4.69) is 36.1 Å². The maximum absolute atomic E-state index is 13.3. The molecule has 172 valence electrons. The molecule has 1 aliphatic heterocycles. The summed E-state index contributed by atoms with van der Waals surface area (Å²) in [5.74, 6) is 0.765. The molecule has 3 aromatic rings. The summed E-state index contributed by atoms with van der Waals surface area (Å²) in [4.78, 5) is 20.6. The lowest BCUT2D eigenvalue weighted by Crippen LogP contribution is -2.44. The Kier molecular flexibility index (Phi) is 7.91. The number of hydrogen-bond acceptors (Lipinski definition) is 4. The van der Waals surface area contributed by atoms with Crippen molar-refractivity contribution in [1.29, 1.82) is 0 Å². The zero-order valence-corrected chi connectivity index (χ0v) is 20.3. The standard InChI is InChI=1S/C25H33N5O.ClH/c1-5-30-16-22(19(4)28-30)24-14-21(20-8-6-7-9-23(20)27-24)25(31)26-18(3)15-29-12-10-17(2)11-13-29;/h6-9,14,16-18H,5,10-13,15H2,1-4H3,(H,26,31);1H. The summed E-state index contributed by atoms with van der Waals surface area (Å²) in [5.41, 5.74) is 4.18. The van der Waals surface area contributed by atoms with Gasteiger partial charge in [0.2, 0.25) is 0 Å². The van der Waals surface area contributed by atoms with Crippen LogP contribution in [0.3, 0.4) is 0 Å². The minimum atomic E-state index is -0.0433. The molecule has 1 aromatic carbocycles. The molecule has 0 aliphatic carbocycles. The third kappa shape index (κ3) is 5.30. The molecule has 32 heavy (non-hydrogen) atoms. The first kappa shape index (κ1) is 24.2. The van der Waals surface area contributed by atoms with E-state index in [9.17, 15) is 4.79 Å². The number of amides is 1. The molecule has 0 radical (unpaired) electrons. The Morgan fingerprint density at radius 1 is 1.25 bits per heavy atom. The minimum absolute atomic E-state index is 0. The van der Waals surface area contributed by atoms with Gasteiger partial charge in [-0.25, -0.2) is 4.98 Å². The van der Waals surface area contributed by atoms with Gasteiger partial charge in [0.1, 0.15) is 0 Å². The van der Waals surface area contributed by atoms with Gasteiger partial charge < -0.3 is 10.2 Å². The van der Waals surface area contributed by atoms with Crippen LogP contribution in [0.25, 0.3) is 22.2 Å². The zero-order valence-electron chi connectivity index (χ0n) is 19.5. The van der Waals surface area contributed by atoms with E-state index >= 15 is 0 Å². The highest BCUT2D eigenvalue weighted by Crippen LogP contribution is 2.27. The average molecular weight is 456 g/mol. The van der Waals surface area contributed by atoms with Gasteiger partial charge in [-0.15, -0.1) is 12.4 Å². The van der Waals surface area contributed by atoms with Crippen LogP contribution in [0.15, 0.2) is 36.5 Å². The smallest absolute Gasteiger partial charge is 0.252 e. The Morgan fingerprint density at radius 2 is 1.97 bits per heavy atom. The molecule has 0 saturated carbocycles. The summed E-state index contributed by atoms with van der Waals surface area (Å²) in [7, 11) is 0. The van der Waals surface area contributed by atoms with Crippen LogP contribution in [0.4, 0.5) is 0 Å². The van der Waals surface area contributed by atoms with Crippen molar-refractivity contribution in [1.82, 2.24) is 25.0 Å². The quantitative estimate of drug-likeness (QED) is 0.585. The van der Waals surface area contributed by atoms with Gasteiger partial charge >= 0.3 is 0 Å². The molecule has 3 heterocycles. The number of fused-ring (bicyclic) bond motifs is 1. The molecule has 2 aromatic heterocycles. The molecular formula is C25H34ClN5O. The van der Waals surface area contributed by atoms with E-state index in [0.717, 1.165) is 60.0 Å². The van der Waals surface area contributed by atoms with Crippen LogP contribution in [-0.4, -0.2) is 51.2 Å². The molecule has 1 saturated heterocycles. The number of carbonyl (C=O) groups excluding carboxylic acids is 1. The van der Waals surface area contributed by atoms with Crippen LogP contribution in [0.5, 0.6) is 0 Å². The van der Waals surface area contributed by atoms with Crippen molar-refractivity contribution in [2.75, 3.05) is 19.6 Å². The maximum atomic E-state index is 13.3. The van der Waals surface area contributed by atoms with Gasteiger partial charge in [-0.05, 0) is 64.8 Å². The number of carbonyl (C=O) groups is 1. The molecule has 1 atom stereocenters. The number of nitrogens with zero attached hydrogens (tertiary/aromatic N) is 4. The van der Waals surface area contributed by atoms with Crippen LogP contribution in [0, 0.1) is 12.8 Å². The van der Waals surface area contributed by atoms with Crippen molar-refractivity contribution in [3.8, 4) is 11.3 Å². The average Bonchev–Trinajstić information content (AvgIpc) is 3.15. The van der Waals surface area contributed by atoms with Crippen LogP contribution >= 0.6 is 12.4 Å². The lowest BCUT2D eigenvalue weighted by molar-refractivity contribution is 0.0923. The van der Waals surface area contributed by atoms with Gasteiger partial charge in [0.05, 0.1) is 22.5 Å². The summed E-state index contributed by atoms with van der Waals surface area (Å²) in [6.45, 7) is 12.4. The van der Waals surface area contributed by atoms with Gasteiger partial charge in [0.25, 0.3) is 5.91 Å². The fourth-order valence-electron chi connectivity index (χ4n) is 4.41. The number of benzene rings is 1. The Labute approximate surface area is 196 Å². The monoisotopic (exact) mass is 455 g/mol. The molecule has 0 spiro atoms. The second kappa shape index (κ2) is 10.5.